The molecule has 0 aliphatic heterocycles. The molecule has 2 nitrogen and oxygen atoms in total. The van der Waals surface area contributed by atoms with Gasteiger partial charge in [0, 0.05) is 10.0 Å². The molecule has 0 radical (unpaired) electrons. The first-order valence-electron chi connectivity index (χ1n) is 4.46. The summed E-state index contributed by atoms with van der Waals surface area (Å²) in [5.74, 6) is -1.44. The van der Waals surface area contributed by atoms with Gasteiger partial charge in [0.2, 0.25) is 6.17 Å². The summed E-state index contributed by atoms with van der Waals surface area (Å²) in [7, 11) is 0. The molecule has 1 unspecified atom stereocenters. The van der Waals surface area contributed by atoms with Crippen LogP contribution in [0.3, 0.4) is 0 Å². The smallest absolute Gasteiger partial charge is 0.343 e. The van der Waals surface area contributed by atoms with E-state index in [4.69, 9.17) is 5.11 Å². The Labute approximate surface area is 94.5 Å². The zero-order valence-corrected chi connectivity index (χ0v) is 9.29. The van der Waals surface area contributed by atoms with Gasteiger partial charge in [0.05, 0.1) is 0 Å². The molecule has 0 aromatic heterocycles. The van der Waals surface area contributed by atoms with E-state index in [2.05, 4.69) is 15.9 Å². The lowest BCUT2D eigenvalue weighted by Gasteiger charge is -2.09. The summed E-state index contributed by atoms with van der Waals surface area (Å²) >= 11 is 3.30. The Hall–Kier alpha value is -1.16. The molecule has 1 aromatic carbocycles. The fraction of sp³-hybridized carbons (Fsp3) is 0.182. The van der Waals surface area contributed by atoms with Crippen molar-refractivity contribution in [1.82, 2.24) is 0 Å². The highest BCUT2D eigenvalue weighted by atomic mass is 79.9. The van der Waals surface area contributed by atoms with Crippen molar-refractivity contribution in [2.45, 2.75) is 12.6 Å². The number of fused-ring (bicyclic) bond motifs is 1. The Morgan fingerprint density at radius 1 is 1.53 bits per heavy atom. The number of hydrogen-bond donors (Lipinski definition) is 1. The van der Waals surface area contributed by atoms with Crippen LogP contribution < -0.4 is 0 Å². The van der Waals surface area contributed by atoms with Crippen molar-refractivity contribution < 1.29 is 14.3 Å². The Kier molecular flexibility index (Phi) is 2.61. The van der Waals surface area contributed by atoms with E-state index in [1.165, 1.54) is 0 Å². The molecule has 1 aliphatic carbocycles. The van der Waals surface area contributed by atoms with Crippen molar-refractivity contribution in [2.75, 3.05) is 0 Å². The molecule has 15 heavy (non-hydrogen) atoms. The summed E-state index contributed by atoms with van der Waals surface area (Å²) in [6, 6.07) is 5.51. The Morgan fingerprint density at radius 2 is 2.27 bits per heavy atom. The van der Waals surface area contributed by atoms with E-state index in [1.54, 1.807) is 12.1 Å². The largest absolute Gasteiger partial charge is 0.479 e. The van der Waals surface area contributed by atoms with E-state index in [0.29, 0.717) is 12.0 Å². The maximum Gasteiger partial charge on any atom is 0.343 e. The zero-order chi connectivity index (χ0) is 11.0. The lowest BCUT2D eigenvalue weighted by molar-refractivity contribution is -0.140. The molecule has 1 atom stereocenters. The number of alkyl halides is 1. The van der Waals surface area contributed by atoms with Crippen molar-refractivity contribution in [2.24, 2.45) is 0 Å². The van der Waals surface area contributed by atoms with E-state index < -0.39 is 12.1 Å². The number of carboxylic acids is 1. The first kappa shape index (κ1) is 10.4. The molecule has 0 spiro atoms. The fourth-order valence-corrected chi connectivity index (χ4v) is 2.38. The second kappa shape index (κ2) is 3.77. The standard InChI is InChI=1S/C11H8BrFO2/c12-8-3-1-2-6-4-5-7(9(6)8)10(13)11(14)15/h1-3,5,10H,4H2,(H,14,15). The van der Waals surface area contributed by atoms with Crippen LogP contribution in [-0.4, -0.2) is 17.2 Å². The second-order valence-corrected chi connectivity index (χ2v) is 4.19. The summed E-state index contributed by atoms with van der Waals surface area (Å²) in [4.78, 5) is 10.6. The van der Waals surface area contributed by atoms with Gasteiger partial charge in [0.25, 0.3) is 0 Å². The van der Waals surface area contributed by atoms with E-state index in [9.17, 15) is 9.18 Å². The minimum Gasteiger partial charge on any atom is -0.479 e. The van der Waals surface area contributed by atoms with Gasteiger partial charge in [-0.25, -0.2) is 9.18 Å². The number of allylic oxidation sites excluding steroid dienone is 1. The Bertz CT molecular complexity index is 454. The summed E-state index contributed by atoms with van der Waals surface area (Å²) < 4.78 is 14.1. The molecule has 2 rings (SSSR count). The van der Waals surface area contributed by atoms with Gasteiger partial charge in [-0.1, -0.05) is 34.1 Å². The van der Waals surface area contributed by atoms with Gasteiger partial charge in [0.1, 0.15) is 0 Å². The number of carboxylic acid groups (broad SMARTS) is 1. The van der Waals surface area contributed by atoms with Crippen LogP contribution in [0.25, 0.3) is 5.57 Å². The molecule has 1 aliphatic rings. The monoisotopic (exact) mass is 270 g/mol. The fourth-order valence-electron chi connectivity index (χ4n) is 1.75. The molecule has 4 heteroatoms. The number of hydrogen-bond acceptors (Lipinski definition) is 1. The number of carbonyl (C=O) groups is 1. The summed E-state index contributed by atoms with van der Waals surface area (Å²) in [5.41, 5.74) is 1.90. The van der Waals surface area contributed by atoms with Crippen LogP contribution in [-0.2, 0) is 11.2 Å². The average molecular weight is 271 g/mol. The third-order valence-corrected chi connectivity index (χ3v) is 3.08. The highest BCUT2D eigenvalue weighted by Gasteiger charge is 2.28. The average Bonchev–Trinajstić information content (AvgIpc) is 2.61. The van der Waals surface area contributed by atoms with Crippen LogP contribution in [0.5, 0.6) is 0 Å². The van der Waals surface area contributed by atoms with Gasteiger partial charge in [-0.05, 0) is 23.6 Å². The lowest BCUT2D eigenvalue weighted by atomic mass is 10.0. The molecular weight excluding hydrogens is 263 g/mol. The van der Waals surface area contributed by atoms with Gasteiger partial charge < -0.3 is 5.11 Å². The molecule has 0 saturated carbocycles. The molecule has 0 saturated heterocycles. The van der Waals surface area contributed by atoms with Crippen LogP contribution in [0.2, 0.25) is 0 Å². The van der Waals surface area contributed by atoms with Crippen LogP contribution >= 0.6 is 15.9 Å². The van der Waals surface area contributed by atoms with Gasteiger partial charge in [0.15, 0.2) is 0 Å². The molecule has 78 valence electrons. The van der Waals surface area contributed by atoms with Crippen LogP contribution in [0.15, 0.2) is 28.7 Å². The first-order chi connectivity index (χ1) is 7.11. The van der Waals surface area contributed by atoms with Crippen LogP contribution in [0, 0.1) is 0 Å². The molecular formula is C11H8BrFO2. The Morgan fingerprint density at radius 3 is 2.93 bits per heavy atom. The van der Waals surface area contributed by atoms with E-state index in [-0.39, 0.29) is 5.57 Å². The highest BCUT2D eigenvalue weighted by Crippen LogP contribution is 2.36. The van der Waals surface area contributed by atoms with E-state index in [0.717, 1.165) is 10.0 Å². The summed E-state index contributed by atoms with van der Waals surface area (Å²) in [6.45, 7) is 0. The minimum atomic E-state index is -1.94. The third-order valence-electron chi connectivity index (χ3n) is 2.42. The van der Waals surface area contributed by atoms with Crippen molar-refractivity contribution in [3.8, 4) is 0 Å². The van der Waals surface area contributed by atoms with Crippen molar-refractivity contribution in [1.29, 1.82) is 0 Å². The molecule has 0 amide bonds. The molecule has 0 heterocycles. The normalized spacial score (nSPS) is 15.7. The zero-order valence-electron chi connectivity index (χ0n) is 7.71. The van der Waals surface area contributed by atoms with E-state index >= 15 is 0 Å². The topological polar surface area (TPSA) is 37.3 Å². The van der Waals surface area contributed by atoms with Crippen molar-refractivity contribution in [3.63, 3.8) is 0 Å². The van der Waals surface area contributed by atoms with Gasteiger partial charge in [-0.2, -0.15) is 0 Å². The number of benzene rings is 1. The number of aliphatic carboxylic acids is 1. The predicted octanol–water partition coefficient (Wildman–Crippen LogP) is 2.81. The number of rotatable bonds is 2. The van der Waals surface area contributed by atoms with Crippen LogP contribution in [0.1, 0.15) is 11.1 Å². The molecule has 1 N–H and O–H groups in total. The maximum absolute atomic E-state index is 13.4. The third kappa shape index (κ3) is 1.69. The first-order valence-corrected chi connectivity index (χ1v) is 5.25. The molecule has 0 bridgehead atoms. The SMILES string of the molecule is O=C(O)C(F)C1=CCc2cccc(Br)c21. The predicted molar refractivity (Wildman–Crippen MR) is 58.4 cm³/mol. The highest BCUT2D eigenvalue weighted by molar-refractivity contribution is 9.10. The summed E-state index contributed by atoms with van der Waals surface area (Å²) in [5, 5.41) is 8.63. The minimum absolute atomic E-state index is 0.255. The lowest BCUT2D eigenvalue weighted by Crippen LogP contribution is -2.15. The Balaban J connectivity index is 2.47. The quantitative estimate of drug-likeness (QED) is 0.898. The van der Waals surface area contributed by atoms with Crippen LogP contribution in [0.4, 0.5) is 4.39 Å². The maximum atomic E-state index is 13.4. The van der Waals surface area contributed by atoms with Gasteiger partial charge in [-0.15, -0.1) is 0 Å². The van der Waals surface area contributed by atoms with Crippen molar-refractivity contribution >= 4 is 27.5 Å². The van der Waals surface area contributed by atoms with E-state index in [1.807, 2.05) is 12.1 Å². The van der Waals surface area contributed by atoms with Gasteiger partial charge >= 0.3 is 5.97 Å². The van der Waals surface area contributed by atoms with Gasteiger partial charge in [-0.3, -0.25) is 0 Å². The van der Waals surface area contributed by atoms with Crippen molar-refractivity contribution in [3.05, 3.63) is 39.9 Å². The molecule has 0 fully saturated rings. The number of halogens is 2. The molecule has 1 aromatic rings. The second-order valence-electron chi connectivity index (χ2n) is 3.34. The summed E-state index contributed by atoms with van der Waals surface area (Å²) in [6.07, 6.45) is 0.288.